The van der Waals surface area contributed by atoms with E-state index in [1.54, 1.807) is 0 Å². The van der Waals surface area contributed by atoms with Gasteiger partial charge in [-0.3, -0.25) is 4.79 Å². The van der Waals surface area contributed by atoms with Gasteiger partial charge >= 0.3 is 5.97 Å². The van der Waals surface area contributed by atoms with E-state index in [0.717, 1.165) is 12.3 Å². The molecule has 68 valence electrons. The number of carboxylic acid groups (broad SMARTS) is 1. The molecule has 3 atom stereocenters. The molecule has 0 aliphatic heterocycles. The Morgan fingerprint density at radius 1 is 1.67 bits per heavy atom. The first-order chi connectivity index (χ1) is 5.68. The molecule has 2 aliphatic carbocycles. The van der Waals surface area contributed by atoms with Gasteiger partial charge in [0.05, 0.1) is 6.42 Å². The smallest absolute Gasteiger partial charge is 0.303 e. The lowest BCUT2D eigenvalue weighted by Gasteiger charge is -2.27. The van der Waals surface area contributed by atoms with E-state index in [1.807, 2.05) is 0 Å². The third kappa shape index (κ3) is 1.04. The van der Waals surface area contributed by atoms with Crippen LogP contribution in [0.1, 0.15) is 25.7 Å². The maximum Gasteiger partial charge on any atom is 0.303 e. The van der Waals surface area contributed by atoms with Gasteiger partial charge < -0.3 is 10.8 Å². The van der Waals surface area contributed by atoms with E-state index >= 15 is 0 Å². The molecule has 3 heteroatoms. The fraction of sp³-hybridized carbons (Fsp3) is 0.889. The van der Waals surface area contributed by atoms with Gasteiger partial charge in [-0.1, -0.05) is 0 Å². The summed E-state index contributed by atoms with van der Waals surface area (Å²) in [5, 5.41) is 8.75. The molecule has 2 aliphatic rings. The van der Waals surface area contributed by atoms with Crippen LogP contribution in [0.5, 0.6) is 0 Å². The fourth-order valence-corrected chi connectivity index (χ4v) is 2.82. The van der Waals surface area contributed by atoms with Crippen molar-refractivity contribution in [3.8, 4) is 0 Å². The largest absolute Gasteiger partial charge is 0.481 e. The van der Waals surface area contributed by atoms with E-state index in [1.165, 1.54) is 12.8 Å². The molecule has 0 heterocycles. The number of carboxylic acids is 1. The summed E-state index contributed by atoms with van der Waals surface area (Å²) in [6.07, 6.45) is 3.75. The van der Waals surface area contributed by atoms with Crippen molar-refractivity contribution in [1.82, 2.24) is 0 Å². The average Bonchev–Trinajstić information content (AvgIpc) is 2.72. The van der Waals surface area contributed by atoms with E-state index in [0.29, 0.717) is 12.5 Å². The maximum atomic E-state index is 10.6. The Morgan fingerprint density at radius 3 is 2.75 bits per heavy atom. The topological polar surface area (TPSA) is 63.3 Å². The highest BCUT2D eigenvalue weighted by Gasteiger charge is 2.57. The SMILES string of the molecule is NC[C@@]1(CC(=O)O)CC[C@@H]2C[C@@H]21. The van der Waals surface area contributed by atoms with E-state index in [2.05, 4.69) is 0 Å². The quantitative estimate of drug-likeness (QED) is 0.658. The second-order valence-electron chi connectivity index (χ2n) is 4.28. The molecule has 0 aromatic heterocycles. The van der Waals surface area contributed by atoms with Gasteiger partial charge in [0.25, 0.3) is 0 Å². The zero-order chi connectivity index (χ0) is 8.77. The van der Waals surface area contributed by atoms with Crippen molar-refractivity contribution in [2.45, 2.75) is 25.7 Å². The molecule has 3 nitrogen and oxygen atoms in total. The van der Waals surface area contributed by atoms with Crippen molar-refractivity contribution in [2.24, 2.45) is 23.0 Å². The standard InChI is InChI=1S/C9H15NO2/c10-5-9(4-8(11)12)2-1-6-3-7(6)9/h6-7H,1-5,10H2,(H,11,12)/t6-,7+,9+/m1/s1. The first-order valence-electron chi connectivity index (χ1n) is 4.60. The van der Waals surface area contributed by atoms with Crippen LogP contribution in [-0.2, 0) is 4.79 Å². The summed E-state index contributed by atoms with van der Waals surface area (Å²) in [5.41, 5.74) is 5.64. The summed E-state index contributed by atoms with van der Waals surface area (Å²) in [7, 11) is 0. The first-order valence-corrected chi connectivity index (χ1v) is 4.60. The molecule has 0 spiro atoms. The van der Waals surface area contributed by atoms with Gasteiger partial charge in [-0.25, -0.2) is 0 Å². The van der Waals surface area contributed by atoms with Crippen LogP contribution >= 0.6 is 0 Å². The van der Waals surface area contributed by atoms with Crippen molar-refractivity contribution >= 4 is 5.97 Å². The lowest BCUT2D eigenvalue weighted by atomic mass is 9.79. The van der Waals surface area contributed by atoms with Crippen molar-refractivity contribution in [1.29, 1.82) is 0 Å². The minimum atomic E-state index is -0.687. The zero-order valence-corrected chi connectivity index (χ0v) is 7.12. The second kappa shape index (κ2) is 2.46. The summed E-state index contributed by atoms with van der Waals surface area (Å²) in [6, 6.07) is 0. The number of aliphatic carboxylic acids is 1. The van der Waals surface area contributed by atoms with Crippen LogP contribution in [-0.4, -0.2) is 17.6 Å². The molecule has 0 aromatic carbocycles. The van der Waals surface area contributed by atoms with Crippen LogP contribution in [0, 0.1) is 17.3 Å². The molecular formula is C9H15NO2. The van der Waals surface area contributed by atoms with Crippen LogP contribution in [0.2, 0.25) is 0 Å². The first kappa shape index (κ1) is 8.05. The van der Waals surface area contributed by atoms with E-state index in [4.69, 9.17) is 10.8 Å². The lowest BCUT2D eigenvalue weighted by Crippen LogP contribution is -2.33. The molecule has 0 saturated heterocycles. The Kier molecular flexibility index (Phi) is 1.65. The van der Waals surface area contributed by atoms with E-state index in [-0.39, 0.29) is 11.8 Å². The number of fused-ring (bicyclic) bond motifs is 1. The van der Waals surface area contributed by atoms with Gasteiger partial charge in [0, 0.05) is 0 Å². The van der Waals surface area contributed by atoms with E-state index < -0.39 is 5.97 Å². The molecule has 0 aromatic rings. The monoisotopic (exact) mass is 169 g/mol. The van der Waals surface area contributed by atoms with Crippen LogP contribution in [0.4, 0.5) is 0 Å². The number of hydrogen-bond donors (Lipinski definition) is 2. The van der Waals surface area contributed by atoms with E-state index in [9.17, 15) is 4.79 Å². The molecule has 2 saturated carbocycles. The summed E-state index contributed by atoms with van der Waals surface area (Å²) in [4.78, 5) is 10.6. The Bertz CT molecular complexity index is 217. The van der Waals surface area contributed by atoms with Crippen LogP contribution in [0.25, 0.3) is 0 Å². The molecule has 3 N–H and O–H groups in total. The van der Waals surface area contributed by atoms with Crippen molar-refractivity contribution < 1.29 is 9.90 Å². The number of hydrogen-bond acceptors (Lipinski definition) is 2. The van der Waals surface area contributed by atoms with Gasteiger partial charge in [0.2, 0.25) is 0 Å². The average molecular weight is 169 g/mol. The predicted octanol–water partition coefficient (Wildman–Crippen LogP) is 0.836. The summed E-state index contributed by atoms with van der Waals surface area (Å²) in [5.74, 6) is 0.763. The van der Waals surface area contributed by atoms with Crippen molar-refractivity contribution in [3.05, 3.63) is 0 Å². The summed E-state index contributed by atoms with van der Waals surface area (Å²) < 4.78 is 0. The minimum absolute atomic E-state index is 0.0312. The van der Waals surface area contributed by atoms with Crippen LogP contribution < -0.4 is 5.73 Å². The molecular weight excluding hydrogens is 154 g/mol. The Hall–Kier alpha value is -0.570. The zero-order valence-electron chi connectivity index (χ0n) is 7.12. The van der Waals surface area contributed by atoms with Gasteiger partial charge in [-0.2, -0.15) is 0 Å². The van der Waals surface area contributed by atoms with Gasteiger partial charge in [-0.15, -0.1) is 0 Å². The number of carbonyl (C=O) groups is 1. The fourth-order valence-electron chi connectivity index (χ4n) is 2.82. The Labute approximate surface area is 71.9 Å². The molecule has 0 unspecified atom stereocenters. The summed E-state index contributed by atoms with van der Waals surface area (Å²) >= 11 is 0. The van der Waals surface area contributed by atoms with Gasteiger partial charge in [0.1, 0.15) is 0 Å². The molecule has 0 bridgehead atoms. The lowest BCUT2D eigenvalue weighted by molar-refractivity contribution is -0.139. The Morgan fingerprint density at radius 2 is 2.42 bits per heavy atom. The molecule has 0 radical (unpaired) electrons. The Balaban J connectivity index is 2.08. The molecule has 12 heavy (non-hydrogen) atoms. The number of nitrogens with two attached hydrogens (primary N) is 1. The highest BCUT2D eigenvalue weighted by molar-refractivity contribution is 5.68. The maximum absolute atomic E-state index is 10.6. The third-order valence-corrected chi connectivity index (χ3v) is 3.63. The molecule has 2 fully saturated rings. The summed E-state index contributed by atoms with van der Waals surface area (Å²) in [6.45, 7) is 0.556. The third-order valence-electron chi connectivity index (χ3n) is 3.63. The van der Waals surface area contributed by atoms with Crippen LogP contribution in [0.3, 0.4) is 0 Å². The normalized spacial score (nSPS) is 44.1. The van der Waals surface area contributed by atoms with Crippen molar-refractivity contribution in [2.75, 3.05) is 6.54 Å². The minimum Gasteiger partial charge on any atom is -0.481 e. The predicted molar refractivity (Wildman–Crippen MR) is 44.6 cm³/mol. The van der Waals surface area contributed by atoms with Gasteiger partial charge in [-0.05, 0) is 43.1 Å². The van der Waals surface area contributed by atoms with Crippen molar-refractivity contribution in [3.63, 3.8) is 0 Å². The molecule has 2 rings (SSSR count). The van der Waals surface area contributed by atoms with Gasteiger partial charge in [0.15, 0.2) is 0 Å². The second-order valence-corrected chi connectivity index (χ2v) is 4.28. The highest BCUT2D eigenvalue weighted by Crippen LogP contribution is 2.63. The highest BCUT2D eigenvalue weighted by atomic mass is 16.4. The molecule has 0 amide bonds. The number of rotatable bonds is 3. The van der Waals surface area contributed by atoms with Crippen LogP contribution in [0.15, 0.2) is 0 Å².